The van der Waals surface area contributed by atoms with Crippen molar-refractivity contribution in [2.45, 2.75) is 25.4 Å². The first-order valence-corrected chi connectivity index (χ1v) is 12.9. The molecule has 0 heterocycles. The second kappa shape index (κ2) is 8.51. The number of fused-ring (bicyclic) bond motifs is 5. The smallest absolute Gasteiger partial charge is 0.166 e. The lowest BCUT2D eigenvalue weighted by molar-refractivity contribution is 0.158. The fourth-order valence-corrected chi connectivity index (χ4v) is 6.26. The van der Waals surface area contributed by atoms with Crippen LogP contribution in [0.5, 0.6) is 17.2 Å². The van der Waals surface area contributed by atoms with Crippen molar-refractivity contribution in [3.63, 3.8) is 0 Å². The van der Waals surface area contributed by atoms with Gasteiger partial charge in [-0.05, 0) is 85.6 Å². The average molecular weight is 499 g/mol. The Bertz CT molecular complexity index is 1880. The number of phenols is 3. The highest BCUT2D eigenvalue weighted by atomic mass is 16.3. The van der Waals surface area contributed by atoms with Gasteiger partial charge >= 0.3 is 0 Å². The molecule has 1 aliphatic carbocycles. The van der Waals surface area contributed by atoms with Gasteiger partial charge in [0, 0.05) is 10.8 Å². The lowest BCUT2D eigenvalue weighted by Crippen LogP contribution is -2.09. The molecule has 0 spiro atoms. The lowest BCUT2D eigenvalue weighted by Gasteiger charge is -2.24. The van der Waals surface area contributed by atoms with E-state index in [9.17, 15) is 20.4 Å². The minimum Gasteiger partial charge on any atom is -0.507 e. The Kier molecular flexibility index (Phi) is 5.07. The SMILES string of the molecule is Oc1ccc2cc(O)c3c4c(ccc3c2c1O)CCCC4O.c1cc2ccc3cccc4ccc(c1)c2c34. The Hall–Kier alpha value is -4.54. The molecule has 4 heteroatoms. The largest absolute Gasteiger partial charge is 0.507 e. The summed E-state index contributed by atoms with van der Waals surface area (Å²) in [4.78, 5) is 0. The third-order valence-electron chi connectivity index (χ3n) is 7.99. The first-order chi connectivity index (χ1) is 18.5. The van der Waals surface area contributed by atoms with Crippen molar-refractivity contribution < 1.29 is 20.4 Å². The monoisotopic (exact) mass is 498 g/mol. The van der Waals surface area contributed by atoms with E-state index in [0.29, 0.717) is 28.0 Å². The van der Waals surface area contributed by atoms with E-state index in [-0.39, 0.29) is 17.2 Å². The molecule has 186 valence electrons. The van der Waals surface area contributed by atoms with E-state index in [4.69, 9.17) is 0 Å². The molecule has 0 bridgehead atoms. The molecule has 0 aromatic heterocycles. The van der Waals surface area contributed by atoms with Crippen molar-refractivity contribution in [1.82, 2.24) is 0 Å². The molecule has 1 atom stereocenters. The Balaban J connectivity index is 0.000000133. The van der Waals surface area contributed by atoms with E-state index >= 15 is 0 Å². The fraction of sp³-hybridized carbons (Fsp3) is 0.118. The van der Waals surface area contributed by atoms with Crippen LogP contribution in [-0.4, -0.2) is 20.4 Å². The number of phenolic OH excluding ortho intramolecular Hbond substituents is 3. The number of aryl methyl sites for hydroxylation is 1. The average Bonchev–Trinajstić information content (AvgIpc) is 2.94. The zero-order chi connectivity index (χ0) is 26.0. The molecule has 0 saturated heterocycles. The molecule has 1 aliphatic rings. The molecule has 0 radical (unpaired) electrons. The molecule has 4 nitrogen and oxygen atoms in total. The van der Waals surface area contributed by atoms with Crippen LogP contribution in [-0.2, 0) is 6.42 Å². The van der Waals surface area contributed by atoms with E-state index in [1.54, 1.807) is 12.1 Å². The van der Waals surface area contributed by atoms with Crippen LogP contribution in [0.2, 0.25) is 0 Å². The Labute approximate surface area is 219 Å². The van der Waals surface area contributed by atoms with Crippen LogP contribution < -0.4 is 0 Å². The van der Waals surface area contributed by atoms with Gasteiger partial charge in [-0.1, -0.05) is 78.9 Å². The minimum atomic E-state index is -0.616. The van der Waals surface area contributed by atoms with E-state index in [1.807, 2.05) is 12.1 Å². The van der Waals surface area contributed by atoms with Crippen molar-refractivity contribution in [2.24, 2.45) is 0 Å². The number of benzene rings is 7. The maximum Gasteiger partial charge on any atom is 0.166 e. The summed E-state index contributed by atoms with van der Waals surface area (Å²) in [7, 11) is 0. The first-order valence-electron chi connectivity index (χ1n) is 12.9. The van der Waals surface area contributed by atoms with Crippen molar-refractivity contribution in [2.75, 3.05) is 0 Å². The van der Waals surface area contributed by atoms with Crippen LogP contribution in [0.15, 0.2) is 91.0 Å². The summed E-state index contributed by atoms with van der Waals surface area (Å²) >= 11 is 0. The molecule has 0 aliphatic heterocycles. The number of rotatable bonds is 0. The summed E-state index contributed by atoms with van der Waals surface area (Å²) in [5, 5.41) is 51.3. The van der Waals surface area contributed by atoms with Crippen molar-refractivity contribution >= 4 is 53.9 Å². The van der Waals surface area contributed by atoms with Crippen LogP contribution in [0.3, 0.4) is 0 Å². The molecule has 38 heavy (non-hydrogen) atoms. The summed E-state index contributed by atoms with van der Waals surface area (Å²) in [6.07, 6.45) is 1.83. The predicted octanol–water partition coefficient (Wildman–Crippen LogP) is 8.06. The number of aliphatic hydroxyl groups excluding tert-OH is 1. The van der Waals surface area contributed by atoms with E-state index in [1.165, 1.54) is 38.4 Å². The molecule has 8 rings (SSSR count). The molecule has 0 fully saturated rings. The van der Waals surface area contributed by atoms with Gasteiger partial charge in [0.05, 0.1) is 6.10 Å². The maximum absolute atomic E-state index is 10.4. The van der Waals surface area contributed by atoms with Crippen molar-refractivity contribution in [1.29, 1.82) is 0 Å². The highest BCUT2D eigenvalue weighted by molar-refractivity contribution is 6.22. The van der Waals surface area contributed by atoms with Crippen molar-refractivity contribution in [3.05, 3.63) is 102 Å². The van der Waals surface area contributed by atoms with E-state index in [0.717, 1.165) is 24.0 Å². The van der Waals surface area contributed by atoms with Gasteiger partial charge < -0.3 is 20.4 Å². The van der Waals surface area contributed by atoms with Crippen molar-refractivity contribution in [3.8, 4) is 17.2 Å². The number of aromatic hydroxyl groups is 3. The predicted molar refractivity (Wildman–Crippen MR) is 154 cm³/mol. The highest BCUT2D eigenvalue weighted by Gasteiger charge is 2.24. The van der Waals surface area contributed by atoms with Gasteiger partial charge in [0.15, 0.2) is 11.5 Å². The van der Waals surface area contributed by atoms with Crippen LogP contribution in [0, 0.1) is 0 Å². The first kappa shape index (κ1) is 22.6. The topological polar surface area (TPSA) is 80.9 Å². The number of aliphatic hydroxyl groups is 1. The van der Waals surface area contributed by atoms with Crippen LogP contribution in [0.25, 0.3) is 53.9 Å². The second-order valence-electron chi connectivity index (χ2n) is 10.2. The molecule has 7 aromatic rings. The summed E-state index contributed by atoms with van der Waals surface area (Å²) in [5.41, 5.74) is 1.77. The van der Waals surface area contributed by atoms with Gasteiger partial charge in [0.2, 0.25) is 0 Å². The Morgan fingerprint density at radius 2 is 1.13 bits per heavy atom. The standard InChI is InChI=1S/C18H16O4.C16H10/c19-12-3-1-2-9-4-6-11-15-10(5-7-13(20)18(15)22)8-14(21)17(11)16(9)12;1-3-11-7-9-13-5-2-6-14-10-8-12(4-1)15(11)16(13)14/h4-8,12,19-22H,1-3H2;1-10H. The van der Waals surface area contributed by atoms with Gasteiger partial charge in [-0.25, -0.2) is 0 Å². The third kappa shape index (κ3) is 3.34. The quantitative estimate of drug-likeness (QED) is 0.126. The molecule has 7 aromatic carbocycles. The van der Waals surface area contributed by atoms with E-state index < -0.39 is 6.10 Å². The molecule has 0 amide bonds. The Morgan fingerprint density at radius 3 is 1.74 bits per heavy atom. The maximum atomic E-state index is 10.4. The number of hydrogen-bond acceptors (Lipinski definition) is 4. The van der Waals surface area contributed by atoms with Gasteiger partial charge in [-0.3, -0.25) is 0 Å². The summed E-state index contributed by atoms with van der Waals surface area (Å²) in [6, 6.07) is 30.3. The highest BCUT2D eigenvalue weighted by Crippen LogP contribution is 2.46. The summed E-state index contributed by atoms with van der Waals surface area (Å²) < 4.78 is 0. The third-order valence-corrected chi connectivity index (χ3v) is 7.99. The van der Waals surface area contributed by atoms with Crippen LogP contribution in [0.4, 0.5) is 0 Å². The Morgan fingerprint density at radius 1 is 0.553 bits per heavy atom. The summed E-state index contributed by atoms with van der Waals surface area (Å²) in [6.45, 7) is 0. The van der Waals surface area contributed by atoms with Crippen LogP contribution >= 0.6 is 0 Å². The van der Waals surface area contributed by atoms with Gasteiger partial charge in [-0.2, -0.15) is 0 Å². The molecule has 4 N–H and O–H groups in total. The lowest BCUT2D eigenvalue weighted by atomic mass is 9.84. The minimum absolute atomic E-state index is 0.0883. The fourth-order valence-electron chi connectivity index (χ4n) is 6.26. The molecule has 0 saturated carbocycles. The number of hydrogen-bond donors (Lipinski definition) is 4. The zero-order valence-corrected chi connectivity index (χ0v) is 20.6. The molecular weight excluding hydrogens is 472 g/mol. The van der Waals surface area contributed by atoms with Crippen LogP contribution in [0.1, 0.15) is 30.1 Å². The van der Waals surface area contributed by atoms with Gasteiger partial charge in [0.25, 0.3) is 0 Å². The van der Waals surface area contributed by atoms with Gasteiger partial charge in [-0.15, -0.1) is 0 Å². The molecule has 1 unspecified atom stereocenters. The second-order valence-corrected chi connectivity index (χ2v) is 10.2. The van der Waals surface area contributed by atoms with E-state index in [2.05, 4.69) is 60.7 Å². The summed E-state index contributed by atoms with van der Waals surface area (Å²) in [5.74, 6) is -0.309. The van der Waals surface area contributed by atoms with Gasteiger partial charge in [0.1, 0.15) is 5.75 Å². The molecular formula is C34H26O4. The normalized spacial score (nSPS) is 15.2. The zero-order valence-electron chi connectivity index (χ0n) is 20.6.